The fraction of sp³-hybridized carbons (Fsp3) is 0.571. The number of pyridine rings is 1. The molecule has 1 aromatic rings. The highest BCUT2D eigenvalue weighted by atomic mass is 32.2. The van der Waals surface area contributed by atoms with E-state index in [1.165, 1.54) is 37.7 Å². The lowest BCUT2D eigenvalue weighted by atomic mass is 9.88. The van der Waals surface area contributed by atoms with Crippen molar-refractivity contribution in [3.8, 4) is 5.75 Å². The lowest BCUT2D eigenvalue weighted by Crippen LogP contribution is -2.41. The van der Waals surface area contributed by atoms with Crippen molar-refractivity contribution >= 4 is 17.7 Å². The number of aromatic hydroxyl groups is 1. The Balaban J connectivity index is 1.98. The third-order valence-corrected chi connectivity index (χ3v) is 5.23. The molecule has 19 heavy (non-hydrogen) atoms. The molecule has 0 aromatic carbocycles. The number of hydrogen-bond acceptors (Lipinski definition) is 4. The summed E-state index contributed by atoms with van der Waals surface area (Å²) < 4.78 is 0.163. The van der Waals surface area contributed by atoms with Crippen LogP contribution in [-0.2, 0) is 0 Å². The molecule has 1 aliphatic rings. The fourth-order valence-electron chi connectivity index (χ4n) is 2.56. The summed E-state index contributed by atoms with van der Waals surface area (Å²) >= 11 is 1.85. The van der Waals surface area contributed by atoms with E-state index in [-0.39, 0.29) is 16.4 Å². The van der Waals surface area contributed by atoms with Crippen LogP contribution in [0.4, 0.5) is 0 Å². The quantitative estimate of drug-likeness (QED) is 0.890. The summed E-state index contributed by atoms with van der Waals surface area (Å²) in [6.45, 7) is 0.661. The normalized spacial score (nSPS) is 17.9. The van der Waals surface area contributed by atoms with Crippen molar-refractivity contribution in [1.29, 1.82) is 0 Å². The molecular formula is C14H20N2O2S. The Morgan fingerprint density at radius 2 is 2.21 bits per heavy atom. The molecule has 0 atom stereocenters. The van der Waals surface area contributed by atoms with Gasteiger partial charge in [0.1, 0.15) is 5.75 Å². The van der Waals surface area contributed by atoms with Crippen LogP contribution in [0.15, 0.2) is 18.5 Å². The van der Waals surface area contributed by atoms with Gasteiger partial charge in [-0.3, -0.25) is 9.78 Å². The summed E-state index contributed by atoms with van der Waals surface area (Å²) in [5.74, 6) is -0.291. The van der Waals surface area contributed by atoms with Crippen LogP contribution in [-0.4, -0.2) is 33.5 Å². The topological polar surface area (TPSA) is 62.2 Å². The van der Waals surface area contributed by atoms with Gasteiger partial charge >= 0.3 is 0 Å². The number of aromatic nitrogens is 1. The SMILES string of the molecule is CSC1(CNC(=O)c2ccncc2O)CCCCC1. The first-order valence-electron chi connectivity index (χ1n) is 6.63. The number of carbonyl (C=O) groups is 1. The van der Waals surface area contributed by atoms with Gasteiger partial charge in [-0.15, -0.1) is 0 Å². The highest BCUT2D eigenvalue weighted by Gasteiger charge is 2.31. The lowest BCUT2D eigenvalue weighted by Gasteiger charge is -2.35. The lowest BCUT2D eigenvalue weighted by molar-refractivity contribution is 0.0944. The maximum atomic E-state index is 12.1. The van der Waals surface area contributed by atoms with Crippen molar-refractivity contribution < 1.29 is 9.90 Å². The number of thioether (sulfide) groups is 1. The molecule has 1 saturated carbocycles. The minimum absolute atomic E-state index is 0.0677. The van der Waals surface area contributed by atoms with E-state index in [0.717, 1.165) is 12.8 Å². The number of carbonyl (C=O) groups excluding carboxylic acids is 1. The van der Waals surface area contributed by atoms with Crippen molar-refractivity contribution in [3.05, 3.63) is 24.0 Å². The van der Waals surface area contributed by atoms with E-state index >= 15 is 0 Å². The molecule has 0 radical (unpaired) electrons. The third kappa shape index (κ3) is 3.41. The number of amides is 1. The number of nitrogens with one attached hydrogen (secondary N) is 1. The summed E-state index contributed by atoms with van der Waals surface area (Å²) in [6.07, 6.45) is 11.0. The monoisotopic (exact) mass is 280 g/mol. The Kier molecular flexibility index (Phi) is 4.69. The smallest absolute Gasteiger partial charge is 0.255 e. The average molecular weight is 280 g/mol. The maximum absolute atomic E-state index is 12.1. The van der Waals surface area contributed by atoms with Gasteiger partial charge in [-0.1, -0.05) is 19.3 Å². The van der Waals surface area contributed by atoms with E-state index in [9.17, 15) is 9.90 Å². The first-order chi connectivity index (χ1) is 9.17. The minimum Gasteiger partial charge on any atom is -0.505 e. The van der Waals surface area contributed by atoms with Crippen LogP contribution in [0.1, 0.15) is 42.5 Å². The zero-order chi connectivity index (χ0) is 13.7. The van der Waals surface area contributed by atoms with Gasteiger partial charge in [0, 0.05) is 17.5 Å². The van der Waals surface area contributed by atoms with Gasteiger partial charge in [0.25, 0.3) is 5.91 Å². The van der Waals surface area contributed by atoms with Gasteiger partial charge in [-0.05, 0) is 25.2 Å². The fourth-order valence-corrected chi connectivity index (χ4v) is 3.48. The molecule has 2 rings (SSSR count). The molecule has 0 bridgehead atoms. The zero-order valence-corrected chi connectivity index (χ0v) is 12.0. The second-order valence-electron chi connectivity index (χ2n) is 5.02. The molecule has 1 heterocycles. The molecule has 5 heteroatoms. The van der Waals surface area contributed by atoms with Crippen LogP contribution in [0.5, 0.6) is 5.75 Å². The third-order valence-electron chi connectivity index (χ3n) is 3.81. The molecule has 4 nitrogen and oxygen atoms in total. The van der Waals surface area contributed by atoms with E-state index < -0.39 is 0 Å². The predicted octanol–water partition coefficient (Wildman–Crippen LogP) is 2.58. The van der Waals surface area contributed by atoms with E-state index in [2.05, 4.69) is 16.6 Å². The Morgan fingerprint density at radius 1 is 1.47 bits per heavy atom. The zero-order valence-electron chi connectivity index (χ0n) is 11.2. The molecule has 0 unspecified atom stereocenters. The summed E-state index contributed by atoms with van der Waals surface area (Å²) in [6, 6.07) is 1.54. The summed E-state index contributed by atoms with van der Waals surface area (Å²) in [7, 11) is 0. The highest BCUT2D eigenvalue weighted by Crippen LogP contribution is 2.38. The molecule has 0 spiro atoms. The van der Waals surface area contributed by atoms with E-state index in [1.54, 1.807) is 0 Å². The van der Waals surface area contributed by atoms with Crippen LogP contribution >= 0.6 is 11.8 Å². The van der Waals surface area contributed by atoms with Crippen molar-refractivity contribution in [2.45, 2.75) is 36.9 Å². The van der Waals surface area contributed by atoms with Gasteiger partial charge in [-0.2, -0.15) is 11.8 Å². The molecular weight excluding hydrogens is 260 g/mol. The van der Waals surface area contributed by atoms with E-state index in [4.69, 9.17) is 0 Å². The second kappa shape index (κ2) is 6.28. The Labute approximate surface area is 118 Å². The first-order valence-corrected chi connectivity index (χ1v) is 7.86. The summed E-state index contributed by atoms with van der Waals surface area (Å²) in [5.41, 5.74) is 0.294. The van der Waals surface area contributed by atoms with Crippen molar-refractivity contribution in [2.24, 2.45) is 0 Å². The summed E-state index contributed by atoms with van der Waals surface area (Å²) in [5, 5.41) is 12.6. The predicted molar refractivity (Wildman–Crippen MR) is 77.6 cm³/mol. The van der Waals surface area contributed by atoms with E-state index in [0.29, 0.717) is 12.1 Å². The van der Waals surface area contributed by atoms with Crippen LogP contribution in [0, 0.1) is 0 Å². The molecule has 0 saturated heterocycles. The standard InChI is InChI=1S/C14H20N2O2S/c1-19-14(6-3-2-4-7-14)10-16-13(18)11-5-8-15-9-12(11)17/h5,8-9,17H,2-4,6-7,10H2,1H3,(H,16,18). The Morgan fingerprint density at radius 3 is 2.84 bits per heavy atom. The van der Waals surface area contributed by atoms with Gasteiger partial charge in [0.15, 0.2) is 0 Å². The second-order valence-corrected chi connectivity index (χ2v) is 6.30. The number of nitrogens with zero attached hydrogens (tertiary/aromatic N) is 1. The van der Waals surface area contributed by atoms with Crippen LogP contribution in [0.3, 0.4) is 0 Å². The molecule has 1 amide bonds. The summed E-state index contributed by atoms with van der Waals surface area (Å²) in [4.78, 5) is 15.8. The number of rotatable bonds is 4. The molecule has 0 aliphatic heterocycles. The maximum Gasteiger partial charge on any atom is 0.255 e. The molecule has 2 N–H and O–H groups in total. The van der Waals surface area contributed by atoms with Gasteiger partial charge in [-0.25, -0.2) is 0 Å². The largest absolute Gasteiger partial charge is 0.505 e. The average Bonchev–Trinajstić information content (AvgIpc) is 2.46. The van der Waals surface area contributed by atoms with Gasteiger partial charge in [0.05, 0.1) is 11.8 Å². The minimum atomic E-state index is -0.223. The van der Waals surface area contributed by atoms with Crippen molar-refractivity contribution in [2.75, 3.05) is 12.8 Å². The highest BCUT2D eigenvalue weighted by molar-refractivity contribution is 8.00. The Bertz CT molecular complexity index is 445. The van der Waals surface area contributed by atoms with Gasteiger partial charge in [0.2, 0.25) is 0 Å². The van der Waals surface area contributed by atoms with Crippen molar-refractivity contribution in [1.82, 2.24) is 10.3 Å². The van der Waals surface area contributed by atoms with Gasteiger partial charge < -0.3 is 10.4 Å². The molecule has 104 valence electrons. The van der Waals surface area contributed by atoms with Crippen LogP contribution < -0.4 is 5.32 Å². The molecule has 1 aromatic heterocycles. The Hall–Kier alpha value is -1.23. The molecule has 1 fully saturated rings. The van der Waals surface area contributed by atoms with Crippen LogP contribution in [0.25, 0.3) is 0 Å². The van der Waals surface area contributed by atoms with Crippen molar-refractivity contribution in [3.63, 3.8) is 0 Å². The molecule has 1 aliphatic carbocycles. The number of hydrogen-bond donors (Lipinski definition) is 2. The van der Waals surface area contributed by atoms with Crippen LogP contribution in [0.2, 0.25) is 0 Å². The van der Waals surface area contributed by atoms with E-state index in [1.807, 2.05) is 11.8 Å². The first kappa shape index (κ1) is 14.2.